The lowest BCUT2D eigenvalue weighted by Gasteiger charge is -2.09. The van der Waals surface area contributed by atoms with Crippen LogP contribution < -0.4 is 14.3 Å². The van der Waals surface area contributed by atoms with Crippen LogP contribution in [0.4, 0.5) is 0 Å². The number of esters is 2. The van der Waals surface area contributed by atoms with Gasteiger partial charge in [0.25, 0.3) is 10.0 Å². The van der Waals surface area contributed by atoms with Crippen molar-refractivity contribution in [1.82, 2.24) is 4.83 Å². The van der Waals surface area contributed by atoms with E-state index in [1.165, 1.54) is 49.5 Å². The Labute approximate surface area is 185 Å². The molecule has 0 saturated carbocycles. The zero-order valence-corrected chi connectivity index (χ0v) is 18.1. The Morgan fingerprint density at radius 3 is 2.22 bits per heavy atom. The van der Waals surface area contributed by atoms with Gasteiger partial charge < -0.3 is 9.47 Å². The second-order valence-corrected chi connectivity index (χ2v) is 8.38. The first-order chi connectivity index (χ1) is 15.2. The molecule has 0 fully saturated rings. The minimum Gasteiger partial charge on any atom is -0.426 e. The molecule has 164 valence electrons. The smallest absolute Gasteiger partial charge is 0.347 e. The molecule has 3 rings (SSSR count). The monoisotopic (exact) mass is 452 g/mol. The van der Waals surface area contributed by atoms with Crippen molar-refractivity contribution in [2.75, 3.05) is 0 Å². The van der Waals surface area contributed by atoms with Crippen LogP contribution in [-0.2, 0) is 14.8 Å². The van der Waals surface area contributed by atoms with Gasteiger partial charge in [0.15, 0.2) is 0 Å². The highest BCUT2D eigenvalue weighted by Gasteiger charge is 2.16. The maximum Gasteiger partial charge on any atom is 0.347 e. The second-order valence-electron chi connectivity index (χ2n) is 6.71. The van der Waals surface area contributed by atoms with Gasteiger partial charge in [-0.15, -0.1) is 0 Å². The normalized spacial score (nSPS) is 11.2. The van der Waals surface area contributed by atoms with Crippen LogP contribution >= 0.6 is 0 Å². The van der Waals surface area contributed by atoms with E-state index in [1.54, 1.807) is 36.4 Å². The molecule has 0 bridgehead atoms. The second kappa shape index (κ2) is 9.88. The number of rotatable bonds is 7. The summed E-state index contributed by atoms with van der Waals surface area (Å²) in [6.07, 6.45) is 1.33. The van der Waals surface area contributed by atoms with Crippen LogP contribution in [0.5, 0.6) is 11.5 Å². The number of ether oxygens (including phenoxy) is 2. The van der Waals surface area contributed by atoms with Gasteiger partial charge >= 0.3 is 11.9 Å². The molecule has 3 aromatic rings. The number of nitrogens with zero attached hydrogens (tertiary/aromatic N) is 1. The van der Waals surface area contributed by atoms with E-state index >= 15 is 0 Å². The molecule has 32 heavy (non-hydrogen) atoms. The molecule has 0 aliphatic heterocycles. The Hall–Kier alpha value is -3.98. The lowest BCUT2D eigenvalue weighted by molar-refractivity contribution is -0.131. The molecule has 0 spiro atoms. The summed E-state index contributed by atoms with van der Waals surface area (Å²) in [4.78, 5) is 25.9. The van der Waals surface area contributed by atoms with E-state index in [0.717, 1.165) is 5.56 Å². The summed E-state index contributed by atoms with van der Waals surface area (Å²) in [7, 11) is -3.77. The molecule has 0 saturated heterocycles. The van der Waals surface area contributed by atoms with Crippen LogP contribution in [0.1, 0.15) is 28.4 Å². The molecule has 0 aliphatic carbocycles. The van der Waals surface area contributed by atoms with Crippen molar-refractivity contribution in [1.29, 1.82) is 0 Å². The summed E-state index contributed by atoms with van der Waals surface area (Å²) in [5, 5.41) is 3.77. The standard InChI is InChI=1S/C23H20N2O6S/c1-16-7-13-20(14-8-16)32(28,29)25-24-15-18-9-11-19(12-10-18)31-23(27)21-5-3-4-6-22(21)30-17(2)26/h3-15,25H,1-2H3/b24-15+. The van der Waals surface area contributed by atoms with Crippen molar-refractivity contribution in [3.8, 4) is 11.5 Å². The van der Waals surface area contributed by atoms with Crippen LogP contribution in [0.25, 0.3) is 0 Å². The number of carbonyl (C=O) groups excluding carboxylic acids is 2. The number of hydrogen-bond acceptors (Lipinski definition) is 7. The predicted molar refractivity (Wildman–Crippen MR) is 118 cm³/mol. The number of benzene rings is 3. The first-order valence-corrected chi connectivity index (χ1v) is 10.9. The van der Waals surface area contributed by atoms with Gasteiger partial charge in [0.2, 0.25) is 0 Å². The molecule has 9 heteroatoms. The highest BCUT2D eigenvalue weighted by Crippen LogP contribution is 2.21. The third-order valence-corrected chi connectivity index (χ3v) is 5.41. The first kappa shape index (κ1) is 22.7. The van der Waals surface area contributed by atoms with Gasteiger partial charge in [-0.25, -0.2) is 9.63 Å². The molecular formula is C23H20N2O6S. The predicted octanol–water partition coefficient (Wildman–Crippen LogP) is 3.45. The minimum atomic E-state index is -3.77. The molecule has 0 unspecified atom stereocenters. The highest BCUT2D eigenvalue weighted by molar-refractivity contribution is 7.89. The molecular weight excluding hydrogens is 432 g/mol. The molecule has 0 atom stereocenters. The molecule has 8 nitrogen and oxygen atoms in total. The number of nitrogens with one attached hydrogen (secondary N) is 1. The van der Waals surface area contributed by atoms with Crippen LogP contribution in [-0.4, -0.2) is 26.6 Å². The molecule has 0 radical (unpaired) electrons. The summed E-state index contributed by atoms with van der Waals surface area (Å²) >= 11 is 0. The van der Waals surface area contributed by atoms with Crippen molar-refractivity contribution < 1.29 is 27.5 Å². The van der Waals surface area contributed by atoms with Gasteiger partial charge in [-0.05, 0) is 61.0 Å². The Kier molecular flexibility index (Phi) is 7.01. The maximum atomic E-state index is 12.4. The number of aryl methyl sites for hydroxylation is 1. The van der Waals surface area contributed by atoms with Crippen molar-refractivity contribution in [2.45, 2.75) is 18.7 Å². The average molecular weight is 452 g/mol. The number of hydrogen-bond donors (Lipinski definition) is 1. The van der Waals surface area contributed by atoms with E-state index in [2.05, 4.69) is 9.93 Å². The fourth-order valence-electron chi connectivity index (χ4n) is 2.60. The van der Waals surface area contributed by atoms with Crippen molar-refractivity contribution >= 4 is 28.2 Å². The first-order valence-electron chi connectivity index (χ1n) is 9.46. The Bertz CT molecular complexity index is 1250. The van der Waals surface area contributed by atoms with Crippen LogP contribution in [0, 0.1) is 6.92 Å². The number of sulfonamides is 1. The van der Waals surface area contributed by atoms with Crippen LogP contribution in [0.3, 0.4) is 0 Å². The highest BCUT2D eigenvalue weighted by atomic mass is 32.2. The van der Waals surface area contributed by atoms with E-state index in [0.29, 0.717) is 5.56 Å². The Morgan fingerprint density at radius 2 is 1.56 bits per heavy atom. The third-order valence-electron chi connectivity index (χ3n) is 4.17. The topological polar surface area (TPSA) is 111 Å². The molecule has 0 aromatic heterocycles. The fraction of sp³-hybridized carbons (Fsp3) is 0.0870. The largest absolute Gasteiger partial charge is 0.426 e. The van der Waals surface area contributed by atoms with Gasteiger partial charge in [-0.3, -0.25) is 4.79 Å². The Balaban J connectivity index is 1.63. The zero-order chi connectivity index (χ0) is 23.1. The molecule has 1 N–H and O–H groups in total. The summed E-state index contributed by atoms with van der Waals surface area (Å²) in [5.74, 6) is -0.874. The average Bonchev–Trinajstić information content (AvgIpc) is 2.75. The summed E-state index contributed by atoms with van der Waals surface area (Å²) in [6, 6.07) is 18.9. The molecule has 0 amide bonds. The molecule has 0 aliphatic rings. The van der Waals surface area contributed by atoms with Crippen molar-refractivity contribution in [2.24, 2.45) is 5.10 Å². The number of para-hydroxylation sites is 1. The quantitative estimate of drug-likeness (QED) is 0.254. The fourth-order valence-corrected chi connectivity index (χ4v) is 3.39. The lowest BCUT2D eigenvalue weighted by atomic mass is 10.2. The maximum absolute atomic E-state index is 12.4. The van der Waals surface area contributed by atoms with E-state index in [-0.39, 0.29) is 22.0 Å². The van der Waals surface area contributed by atoms with Gasteiger partial charge in [0.05, 0.1) is 11.1 Å². The van der Waals surface area contributed by atoms with Crippen LogP contribution in [0.2, 0.25) is 0 Å². The van der Waals surface area contributed by atoms with E-state index < -0.39 is 22.0 Å². The van der Waals surface area contributed by atoms with Gasteiger partial charge in [0, 0.05) is 6.92 Å². The summed E-state index contributed by atoms with van der Waals surface area (Å²) in [5.41, 5.74) is 1.64. The van der Waals surface area contributed by atoms with E-state index in [9.17, 15) is 18.0 Å². The van der Waals surface area contributed by atoms with Gasteiger partial charge in [0.1, 0.15) is 17.1 Å². The number of carbonyl (C=O) groups is 2. The summed E-state index contributed by atoms with van der Waals surface area (Å²) < 4.78 is 34.8. The molecule has 0 heterocycles. The van der Waals surface area contributed by atoms with Gasteiger partial charge in [-0.1, -0.05) is 29.8 Å². The Morgan fingerprint density at radius 1 is 0.906 bits per heavy atom. The van der Waals surface area contributed by atoms with E-state index in [1.807, 2.05) is 6.92 Å². The molecule has 3 aromatic carbocycles. The van der Waals surface area contributed by atoms with Crippen molar-refractivity contribution in [3.05, 3.63) is 89.5 Å². The van der Waals surface area contributed by atoms with Crippen LogP contribution in [0.15, 0.2) is 82.8 Å². The summed E-state index contributed by atoms with van der Waals surface area (Å²) in [6.45, 7) is 3.10. The van der Waals surface area contributed by atoms with E-state index in [4.69, 9.17) is 9.47 Å². The van der Waals surface area contributed by atoms with Crippen molar-refractivity contribution in [3.63, 3.8) is 0 Å². The van der Waals surface area contributed by atoms with Gasteiger partial charge in [-0.2, -0.15) is 13.5 Å². The number of hydrazone groups is 1. The zero-order valence-electron chi connectivity index (χ0n) is 17.3. The third kappa shape index (κ3) is 6.02. The SMILES string of the molecule is CC(=O)Oc1ccccc1C(=O)Oc1ccc(/C=N/NS(=O)(=O)c2ccc(C)cc2)cc1. The minimum absolute atomic E-state index is 0.106. The lowest BCUT2D eigenvalue weighted by Crippen LogP contribution is -2.18.